The van der Waals surface area contributed by atoms with E-state index in [9.17, 15) is 4.79 Å². The summed E-state index contributed by atoms with van der Waals surface area (Å²) in [7, 11) is 7.39. The van der Waals surface area contributed by atoms with Crippen molar-refractivity contribution >= 4 is 38.7 Å². The summed E-state index contributed by atoms with van der Waals surface area (Å²) in [6, 6.07) is 23.9. The number of rotatable bonds is 6. The first-order valence-corrected chi connectivity index (χ1v) is 18.3. The number of hydrogen-bond donors (Lipinski definition) is 0. The third kappa shape index (κ3) is 4.52. The average Bonchev–Trinajstić information content (AvgIpc) is 3.99. The Hall–Kier alpha value is -6.49. The molecule has 0 spiro atoms. The second-order valence-corrected chi connectivity index (χ2v) is 14.5. The van der Waals surface area contributed by atoms with E-state index >= 15 is 0 Å². The standard InChI is InChI=1S/C44H36N2O9/c1-45-31(39-25(9-11-33(48-3)43(39)49-4)27-7-5-22-13-35-37(53-19-51-35)17-29(22)41(27)45)15-24(47)16-32-40-26(10-12-34-44(40)55-21-50-34)28-8-6-23-14-36-38(54-20-52-36)18-30(23)42(28)46(32)2/h5-14,17-18,31-32H,15-16,19-21H2,1-4H3/t31-,32+/m1/s1. The summed E-state index contributed by atoms with van der Waals surface area (Å²) in [4.78, 5) is 19.4. The van der Waals surface area contributed by atoms with Crippen LogP contribution in [0.1, 0.15) is 36.1 Å². The molecule has 5 aliphatic rings. The van der Waals surface area contributed by atoms with Gasteiger partial charge in [-0.25, -0.2) is 0 Å². The zero-order chi connectivity index (χ0) is 37.1. The molecule has 0 saturated heterocycles. The molecule has 5 aliphatic heterocycles. The van der Waals surface area contributed by atoms with Crippen LogP contribution in [0.4, 0.5) is 11.4 Å². The van der Waals surface area contributed by atoms with Gasteiger partial charge in [-0.2, -0.15) is 0 Å². The maximum Gasteiger partial charge on any atom is 0.231 e. The number of ketones is 1. The number of nitrogens with zero attached hydrogens (tertiary/aromatic N) is 2. The van der Waals surface area contributed by atoms with E-state index in [1.54, 1.807) is 14.2 Å². The predicted octanol–water partition coefficient (Wildman–Crippen LogP) is 8.56. The summed E-state index contributed by atoms with van der Waals surface area (Å²) in [5.74, 6) is 5.53. The molecule has 55 heavy (non-hydrogen) atoms. The fourth-order valence-electron chi connectivity index (χ4n) is 9.36. The molecule has 0 aliphatic carbocycles. The Balaban J connectivity index is 1.03. The summed E-state index contributed by atoms with van der Waals surface area (Å²) in [6.07, 6.45) is 0.428. The van der Waals surface area contributed by atoms with Crippen molar-refractivity contribution in [1.29, 1.82) is 0 Å². The molecule has 0 amide bonds. The van der Waals surface area contributed by atoms with E-state index in [1.165, 1.54) is 0 Å². The topological polar surface area (TPSA) is 97.4 Å². The first kappa shape index (κ1) is 32.0. The second kappa shape index (κ2) is 11.8. The number of Topliss-reactive ketones (excluding diaryl/α,β-unsaturated/α-hetero) is 1. The van der Waals surface area contributed by atoms with Crippen LogP contribution >= 0.6 is 0 Å². The van der Waals surface area contributed by atoms with Crippen LogP contribution < -0.4 is 47.7 Å². The van der Waals surface area contributed by atoms with Crippen molar-refractivity contribution in [3.63, 3.8) is 0 Å². The van der Waals surface area contributed by atoms with E-state index in [4.69, 9.17) is 37.9 Å². The van der Waals surface area contributed by atoms with Crippen LogP contribution in [0.3, 0.4) is 0 Å². The van der Waals surface area contributed by atoms with Gasteiger partial charge < -0.3 is 47.7 Å². The third-order valence-electron chi connectivity index (χ3n) is 11.9. The van der Waals surface area contributed by atoms with Crippen molar-refractivity contribution in [2.24, 2.45) is 0 Å². The molecular formula is C44H36N2O9. The minimum Gasteiger partial charge on any atom is -0.493 e. The van der Waals surface area contributed by atoms with Crippen molar-refractivity contribution in [2.75, 3.05) is 58.5 Å². The molecule has 11 nitrogen and oxygen atoms in total. The lowest BCUT2D eigenvalue weighted by molar-refractivity contribution is -0.119. The number of carbonyl (C=O) groups is 1. The van der Waals surface area contributed by atoms with Gasteiger partial charge in [-0.1, -0.05) is 24.3 Å². The Morgan fingerprint density at radius 1 is 0.582 bits per heavy atom. The number of benzene rings is 6. The van der Waals surface area contributed by atoms with E-state index in [1.807, 2.05) is 36.4 Å². The maximum absolute atomic E-state index is 14.9. The minimum absolute atomic E-state index is 0.0783. The zero-order valence-corrected chi connectivity index (χ0v) is 30.7. The molecule has 11 heteroatoms. The van der Waals surface area contributed by atoms with Crippen LogP contribution in [0.5, 0.6) is 46.0 Å². The normalized spacial score (nSPS) is 17.9. The SMILES string of the molecule is COc1ccc2c(c1OC)[C@@H](CC(=O)C[C@H]1c3c(ccc4c3OCO4)-c3ccc4cc5c(cc4c3N1C)OCO5)N(C)c1c-2ccc2cc3c(cc12)OCO3. The molecular weight excluding hydrogens is 700 g/mol. The molecule has 0 aromatic heterocycles. The van der Waals surface area contributed by atoms with Crippen LogP contribution in [0.15, 0.2) is 72.8 Å². The maximum atomic E-state index is 14.9. The molecule has 11 rings (SSSR count). The van der Waals surface area contributed by atoms with Crippen LogP contribution in [0, 0.1) is 0 Å². The number of anilines is 2. The molecule has 5 heterocycles. The van der Waals surface area contributed by atoms with Crippen molar-refractivity contribution in [3.05, 3.63) is 83.9 Å². The molecule has 0 bridgehead atoms. The van der Waals surface area contributed by atoms with E-state index in [-0.39, 0.29) is 51.1 Å². The molecule has 0 radical (unpaired) electrons. The first-order valence-electron chi connectivity index (χ1n) is 18.3. The number of hydrogen-bond acceptors (Lipinski definition) is 11. The van der Waals surface area contributed by atoms with Gasteiger partial charge >= 0.3 is 0 Å². The molecule has 6 aromatic carbocycles. The predicted molar refractivity (Wildman–Crippen MR) is 207 cm³/mol. The number of methoxy groups -OCH3 is 2. The summed E-state index contributed by atoms with van der Waals surface area (Å²) in [5.41, 5.74) is 7.97. The van der Waals surface area contributed by atoms with Gasteiger partial charge in [0, 0.05) is 60.0 Å². The lowest BCUT2D eigenvalue weighted by atomic mass is 9.81. The van der Waals surface area contributed by atoms with Crippen molar-refractivity contribution in [2.45, 2.75) is 24.9 Å². The zero-order valence-electron chi connectivity index (χ0n) is 30.7. The monoisotopic (exact) mass is 736 g/mol. The summed E-state index contributed by atoms with van der Waals surface area (Å²) in [5, 5.41) is 4.08. The van der Waals surface area contributed by atoms with Gasteiger partial charge in [-0.05, 0) is 70.4 Å². The Bertz CT molecular complexity index is 2660. The number of carbonyl (C=O) groups excluding carboxylic acids is 1. The molecule has 2 atom stereocenters. The Morgan fingerprint density at radius 3 is 1.65 bits per heavy atom. The minimum atomic E-state index is -0.377. The van der Waals surface area contributed by atoms with Gasteiger partial charge in [0.05, 0.1) is 37.7 Å². The van der Waals surface area contributed by atoms with Gasteiger partial charge in [-0.3, -0.25) is 4.79 Å². The van der Waals surface area contributed by atoms with Crippen LogP contribution in [0.2, 0.25) is 0 Å². The number of fused-ring (bicyclic) bond motifs is 14. The van der Waals surface area contributed by atoms with Gasteiger partial charge in [0.2, 0.25) is 20.4 Å². The highest BCUT2D eigenvalue weighted by molar-refractivity contribution is 6.08. The highest BCUT2D eigenvalue weighted by atomic mass is 16.7. The van der Waals surface area contributed by atoms with Crippen LogP contribution in [-0.2, 0) is 4.79 Å². The molecule has 0 saturated carbocycles. The molecule has 6 aromatic rings. The van der Waals surface area contributed by atoms with E-state index in [2.05, 4.69) is 60.3 Å². The van der Waals surface area contributed by atoms with Crippen molar-refractivity contribution < 1.29 is 42.7 Å². The van der Waals surface area contributed by atoms with Gasteiger partial charge in [0.1, 0.15) is 5.78 Å². The van der Waals surface area contributed by atoms with E-state index in [0.717, 1.165) is 77.8 Å². The fourth-order valence-corrected chi connectivity index (χ4v) is 9.36. The first-order chi connectivity index (χ1) is 26.9. The lowest BCUT2D eigenvalue weighted by Crippen LogP contribution is -2.34. The summed E-state index contributed by atoms with van der Waals surface area (Å²) >= 11 is 0. The highest BCUT2D eigenvalue weighted by Gasteiger charge is 2.40. The average molecular weight is 737 g/mol. The quantitative estimate of drug-likeness (QED) is 0.165. The summed E-state index contributed by atoms with van der Waals surface area (Å²) in [6.45, 7) is 0.501. The highest BCUT2D eigenvalue weighted by Crippen LogP contribution is 2.57. The smallest absolute Gasteiger partial charge is 0.231 e. The summed E-state index contributed by atoms with van der Waals surface area (Å²) < 4.78 is 47.0. The Labute approximate surface area is 316 Å². The van der Waals surface area contributed by atoms with Crippen LogP contribution in [0.25, 0.3) is 43.8 Å². The molecule has 276 valence electrons. The van der Waals surface area contributed by atoms with Gasteiger partial charge in [0.15, 0.2) is 46.0 Å². The fraction of sp³-hybridized carbons (Fsp3) is 0.250. The Kier molecular flexibility index (Phi) is 6.84. The molecule has 0 unspecified atom stereocenters. The van der Waals surface area contributed by atoms with Gasteiger partial charge in [-0.15, -0.1) is 0 Å². The van der Waals surface area contributed by atoms with Crippen molar-refractivity contribution in [1.82, 2.24) is 0 Å². The molecule has 0 N–H and O–H groups in total. The van der Waals surface area contributed by atoms with E-state index < -0.39 is 0 Å². The second-order valence-electron chi connectivity index (χ2n) is 14.5. The number of ether oxygens (including phenoxy) is 8. The third-order valence-corrected chi connectivity index (χ3v) is 11.9. The Morgan fingerprint density at radius 2 is 1.07 bits per heavy atom. The van der Waals surface area contributed by atoms with Gasteiger partial charge in [0.25, 0.3) is 0 Å². The molecule has 0 fully saturated rings. The van der Waals surface area contributed by atoms with E-state index in [0.29, 0.717) is 34.5 Å². The van der Waals surface area contributed by atoms with Crippen molar-refractivity contribution in [3.8, 4) is 68.2 Å². The lowest BCUT2D eigenvalue weighted by Gasteiger charge is -2.41. The largest absolute Gasteiger partial charge is 0.493 e. The van der Waals surface area contributed by atoms with Crippen LogP contribution in [-0.4, -0.2) is 54.5 Å².